The van der Waals surface area contributed by atoms with E-state index in [1.54, 1.807) is 0 Å². The van der Waals surface area contributed by atoms with Crippen molar-refractivity contribution < 1.29 is 9.47 Å². The minimum Gasteiger partial charge on any atom is -0.479 e. The highest BCUT2D eigenvalue weighted by Crippen LogP contribution is 2.18. The molecule has 0 saturated heterocycles. The molecule has 0 aliphatic heterocycles. The number of methoxy groups -OCH3 is 1. The van der Waals surface area contributed by atoms with Gasteiger partial charge in [0, 0.05) is 0 Å². The number of hydrogen-bond acceptors (Lipinski definition) is 5. The SMILES string of the molecule is CCOc1ncc(N)c(OC)n1. The Morgan fingerprint density at radius 2 is 2.33 bits per heavy atom. The lowest BCUT2D eigenvalue weighted by Gasteiger charge is -2.04. The summed E-state index contributed by atoms with van der Waals surface area (Å²) in [6, 6.07) is 0.281. The fourth-order valence-corrected chi connectivity index (χ4v) is 0.722. The van der Waals surface area contributed by atoms with Crippen molar-refractivity contribution in [1.82, 2.24) is 9.97 Å². The van der Waals surface area contributed by atoms with Crippen LogP contribution in [0.5, 0.6) is 11.9 Å². The first kappa shape index (κ1) is 8.58. The zero-order valence-corrected chi connectivity index (χ0v) is 7.07. The van der Waals surface area contributed by atoms with Crippen molar-refractivity contribution in [3.05, 3.63) is 6.20 Å². The van der Waals surface area contributed by atoms with E-state index in [-0.39, 0.29) is 6.01 Å². The topological polar surface area (TPSA) is 70.3 Å². The predicted molar refractivity (Wildman–Crippen MR) is 44.2 cm³/mol. The standard InChI is InChI=1S/C7H11N3O2/c1-3-12-7-9-4-5(8)6(10-7)11-2/h4H,3,8H2,1-2H3. The van der Waals surface area contributed by atoms with E-state index in [2.05, 4.69) is 9.97 Å². The number of nitrogen functional groups attached to an aromatic ring is 1. The van der Waals surface area contributed by atoms with E-state index in [9.17, 15) is 0 Å². The molecule has 0 radical (unpaired) electrons. The molecule has 0 atom stereocenters. The molecule has 0 bridgehead atoms. The molecule has 1 heterocycles. The van der Waals surface area contributed by atoms with Crippen LogP contribution in [0.25, 0.3) is 0 Å². The van der Waals surface area contributed by atoms with E-state index >= 15 is 0 Å². The van der Waals surface area contributed by atoms with E-state index < -0.39 is 0 Å². The summed E-state index contributed by atoms with van der Waals surface area (Å²) in [5, 5.41) is 0. The molecule has 0 aromatic carbocycles. The summed E-state index contributed by atoms with van der Waals surface area (Å²) in [6.45, 7) is 2.37. The Labute approximate surface area is 70.5 Å². The molecule has 66 valence electrons. The second-order valence-corrected chi connectivity index (χ2v) is 2.05. The molecule has 2 N–H and O–H groups in total. The highest BCUT2D eigenvalue weighted by Gasteiger charge is 2.03. The average Bonchev–Trinajstić information content (AvgIpc) is 2.09. The first-order valence-electron chi connectivity index (χ1n) is 3.57. The molecule has 0 spiro atoms. The summed E-state index contributed by atoms with van der Waals surface area (Å²) in [6.07, 6.45) is 1.46. The third-order valence-electron chi connectivity index (χ3n) is 1.23. The van der Waals surface area contributed by atoms with Gasteiger partial charge in [0.25, 0.3) is 0 Å². The van der Waals surface area contributed by atoms with E-state index in [4.69, 9.17) is 15.2 Å². The molecule has 0 saturated carbocycles. The van der Waals surface area contributed by atoms with Gasteiger partial charge in [-0.1, -0.05) is 0 Å². The number of nitrogens with two attached hydrogens (primary N) is 1. The average molecular weight is 169 g/mol. The van der Waals surface area contributed by atoms with Crippen molar-refractivity contribution >= 4 is 5.69 Å². The van der Waals surface area contributed by atoms with Gasteiger partial charge in [-0.25, -0.2) is 4.98 Å². The Morgan fingerprint density at radius 1 is 1.58 bits per heavy atom. The minimum atomic E-state index is 0.281. The molecule has 0 aliphatic carbocycles. The van der Waals surface area contributed by atoms with Gasteiger partial charge in [-0.3, -0.25) is 0 Å². The van der Waals surface area contributed by atoms with Crippen LogP contribution in [0.1, 0.15) is 6.92 Å². The number of nitrogens with zero attached hydrogens (tertiary/aromatic N) is 2. The summed E-state index contributed by atoms with van der Waals surface area (Å²) < 4.78 is 9.92. The molecule has 5 heteroatoms. The van der Waals surface area contributed by atoms with Crippen LogP contribution in [-0.2, 0) is 0 Å². The van der Waals surface area contributed by atoms with Crippen molar-refractivity contribution in [2.45, 2.75) is 6.92 Å². The highest BCUT2D eigenvalue weighted by atomic mass is 16.5. The predicted octanol–water partition coefficient (Wildman–Crippen LogP) is 0.466. The molecular weight excluding hydrogens is 158 g/mol. The van der Waals surface area contributed by atoms with Crippen molar-refractivity contribution in [3.63, 3.8) is 0 Å². The summed E-state index contributed by atoms with van der Waals surface area (Å²) in [5.74, 6) is 0.341. The van der Waals surface area contributed by atoms with Crippen LogP contribution >= 0.6 is 0 Å². The first-order chi connectivity index (χ1) is 5.77. The third-order valence-corrected chi connectivity index (χ3v) is 1.23. The van der Waals surface area contributed by atoms with E-state index in [1.165, 1.54) is 13.3 Å². The summed E-state index contributed by atoms with van der Waals surface area (Å²) in [4.78, 5) is 7.74. The molecule has 0 amide bonds. The van der Waals surface area contributed by atoms with Crippen LogP contribution in [0.15, 0.2) is 6.20 Å². The fourth-order valence-electron chi connectivity index (χ4n) is 0.722. The van der Waals surface area contributed by atoms with Crippen molar-refractivity contribution in [2.75, 3.05) is 19.5 Å². The Hall–Kier alpha value is -1.52. The maximum Gasteiger partial charge on any atom is 0.319 e. The lowest BCUT2D eigenvalue weighted by Crippen LogP contribution is -2.01. The monoisotopic (exact) mass is 169 g/mol. The zero-order chi connectivity index (χ0) is 8.97. The van der Waals surface area contributed by atoms with Gasteiger partial charge >= 0.3 is 6.01 Å². The number of hydrogen-bond donors (Lipinski definition) is 1. The van der Waals surface area contributed by atoms with Gasteiger partial charge in [0.15, 0.2) is 0 Å². The van der Waals surface area contributed by atoms with Gasteiger partial charge in [0.05, 0.1) is 19.9 Å². The van der Waals surface area contributed by atoms with Crippen molar-refractivity contribution in [2.24, 2.45) is 0 Å². The molecule has 0 unspecified atom stereocenters. The smallest absolute Gasteiger partial charge is 0.319 e. The maximum absolute atomic E-state index is 5.49. The third kappa shape index (κ3) is 1.75. The first-order valence-corrected chi connectivity index (χ1v) is 3.57. The van der Waals surface area contributed by atoms with Crippen LogP contribution in [0.4, 0.5) is 5.69 Å². The zero-order valence-electron chi connectivity index (χ0n) is 7.07. The second kappa shape index (κ2) is 3.75. The normalized spacial score (nSPS) is 9.50. The Kier molecular flexibility index (Phi) is 2.68. The number of rotatable bonds is 3. The molecule has 0 fully saturated rings. The quantitative estimate of drug-likeness (QED) is 0.712. The highest BCUT2D eigenvalue weighted by molar-refractivity contribution is 5.45. The van der Waals surface area contributed by atoms with Crippen LogP contribution in [0.3, 0.4) is 0 Å². The maximum atomic E-state index is 5.49. The fraction of sp³-hybridized carbons (Fsp3) is 0.429. The van der Waals surface area contributed by atoms with Crippen LogP contribution in [0, 0.1) is 0 Å². The van der Waals surface area contributed by atoms with Gasteiger partial charge in [-0.15, -0.1) is 0 Å². The van der Waals surface area contributed by atoms with Gasteiger partial charge in [0.2, 0.25) is 5.88 Å². The van der Waals surface area contributed by atoms with E-state index in [1.807, 2.05) is 6.92 Å². The van der Waals surface area contributed by atoms with Gasteiger partial charge < -0.3 is 15.2 Å². The largest absolute Gasteiger partial charge is 0.479 e. The molecule has 5 nitrogen and oxygen atoms in total. The summed E-state index contributed by atoms with van der Waals surface area (Å²) >= 11 is 0. The molecule has 12 heavy (non-hydrogen) atoms. The van der Waals surface area contributed by atoms with E-state index in [0.717, 1.165) is 0 Å². The molecule has 1 aromatic rings. The Balaban J connectivity index is 2.89. The lowest BCUT2D eigenvalue weighted by atomic mass is 10.5. The van der Waals surface area contributed by atoms with Crippen molar-refractivity contribution in [1.29, 1.82) is 0 Å². The second-order valence-electron chi connectivity index (χ2n) is 2.05. The summed E-state index contributed by atoms with van der Waals surface area (Å²) in [5.41, 5.74) is 5.89. The Bertz CT molecular complexity index is 265. The van der Waals surface area contributed by atoms with Gasteiger partial charge in [0.1, 0.15) is 5.69 Å². The minimum absolute atomic E-state index is 0.281. The van der Waals surface area contributed by atoms with Crippen molar-refractivity contribution in [3.8, 4) is 11.9 Å². The van der Waals surface area contributed by atoms with Gasteiger partial charge in [-0.05, 0) is 6.92 Å². The molecule has 1 rings (SSSR count). The number of ether oxygens (including phenoxy) is 2. The Morgan fingerprint density at radius 3 is 2.92 bits per heavy atom. The molecule has 0 aliphatic rings. The number of anilines is 1. The lowest BCUT2D eigenvalue weighted by molar-refractivity contribution is 0.303. The van der Waals surface area contributed by atoms with Crippen LogP contribution in [0.2, 0.25) is 0 Å². The number of aromatic nitrogens is 2. The summed E-state index contributed by atoms with van der Waals surface area (Å²) in [7, 11) is 1.49. The van der Waals surface area contributed by atoms with Gasteiger partial charge in [-0.2, -0.15) is 4.98 Å². The van der Waals surface area contributed by atoms with E-state index in [0.29, 0.717) is 18.2 Å². The molecular formula is C7H11N3O2. The van der Waals surface area contributed by atoms with Crippen LogP contribution < -0.4 is 15.2 Å². The van der Waals surface area contributed by atoms with Crippen LogP contribution in [-0.4, -0.2) is 23.7 Å². The molecule has 1 aromatic heterocycles.